The van der Waals surface area contributed by atoms with Crippen molar-refractivity contribution < 1.29 is 9.31 Å². The Bertz CT molecular complexity index is 748. The molecule has 1 saturated heterocycles. The summed E-state index contributed by atoms with van der Waals surface area (Å²) in [5.74, 6) is 0. The van der Waals surface area contributed by atoms with Gasteiger partial charge in [0.15, 0.2) is 0 Å². The molecule has 0 radical (unpaired) electrons. The molecule has 1 aromatic heterocycles. The molecule has 4 nitrogen and oxygen atoms in total. The molecule has 5 heteroatoms. The van der Waals surface area contributed by atoms with Crippen LogP contribution in [-0.2, 0) is 9.31 Å². The molecule has 0 spiro atoms. The predicted octanol–water partition coefficient (Wildman–Crippen LogP) is 2.14. The largest absolute Gasteiger partial charge is 0.494 e. The number of nitrogens with one attached hydrogen (secondary N) is 1. The molecule has 2 aromatic rings. The lowest BCUT2D eigenvalue weighted by Crippen LogP contribution is -2.41. The minimum absolute atomic E-state index is 0.0615. The Hall–Kier alpha value is -1.59. The van der Waals surface area contributed by atoms with Crippen molar-refractivity contribution in [2.24, 2.45) is 0 Å². The maximum absolute atomic E-state index is 11.8. The van der Waals surface area contributed by atoms with E-state index in [0.29, 0.717) is 5.56 Å². The maximum atomic E-state index is 11.8. The normalized spacial score (nSPS) is 20.1. The first kappa shape index (κ1) is 14.4. The number of hydrogen-bond donors (Lipinski definition) is 1. The lowest BCUT2D eigenvalue weighted by Gasteiger charge is -2.32. The molecule has 0 amide bonds. The topological polar surface area (TPSA) is 51.3 Å². The van der Waals surface area contributed by atoms with Crippen LogP contribution < -0.4 is 11.0 Å². The van der Waals surface area contributed by atoms with Gasteiger partial charge in [0.1, 0.15) is 0 Å². The van der Waals surface area contributed by atoms with Crippen LogP contribution >= 0.6 is 0 Å². The summed E-state index contributed by atoms with van der Waals surface area (Å²) in [5.41, 5.74) is 1.64. The van der Waals surface area contributed by atoms with Crippen molar-refractivity contribution in [1.29, 1.82) is 0 Å². The van der Waals surface area contributed by atoms with Crippen molar-refractivity contribution in [2.75, 3.05) is 0 Å². The molecule has 3 rings (SSSR count). The van der Waals surface area contributed by atoms with Gasteiger partial charge in [-0.15, -0.1) is 0 Å². The van der Waals surface area contributed by atoms with E-state index in [2.05, 4.69) is 4.98 Å². The zero-order valence-corrected chi connectivity index (χ0v) is 13.1. The van der Waals surface area contributed by atoms with E-state index in [0.717, 1.165) is 16.4 Å². The van der Waals surface area contributed by atoms with E-state index in [-0.39, 0.29) is 16.8 Å². The molecular formula is C16H20BNO3. The summed E-state index contributed by atoms with van der Waals surface area (Å²) >= 11 is 0. The second-order valence-electron chi connectivity index (χ2n) is 6.72. The first-order valence-electron chi connectivity index (χ1n) is 7.19. The fraction of sp³-hybridized carbons (Fsp3) is 0.438. The summed E-state index contributed by atoms with van der Waals surface area (Å²) in [7, 11) is -0.413. The van der Waals surface area contributed by atoms with Crippen LogP contribution in [0.3, 0.4) is 0 Å². The molecule has 1 aliphatic rings. The molecule has 0 atom stereocenters. The van der Waals surface area contributed by atoms with Gasteiger partial charge in [-0.3, -0.25) is 4.79 Å². The average molecular weight is 285 g/mol. The molecule has 1 aromatic carbocycles. The number of fused-ring (bicyclic) bond motifs is 1. The second kappa shape index (κ2) is 4.45. The fourth-order valence-electron chi connectivity index (χ4n) is 2.45. The van der Waals surface area contributed by atoms with E-state index >= 15 is 0 Å². The summed E-state index contributed by atoms with van der Waals surface area (Å²) in [6.45, 7) is 9.91. The summed E-state index contributed by atoms with van der Waals surface area (Å²) in [6.07, 6.45) is 0. The Morgan fingerprint density at radius 2 is 1.67 bits per heavy atom. The molecule has 21 heavy (non-hydrogen) atoms. The molecule has 2 heterocycles. The van der Waals surface area contributed by atoms with Crippen LogP contribution in [0.25, 0.3) is 10.9 Å². The third kappa shape index (κ3) is 2.30. The number of rotatable bonds is 1. The molecule has 0 bridgehead atoms. The predicted molar refractivity (Wildman–Crippen MR) is 85.0 cm³/mol. The minimum Gasteiger partial charge on any atom is -0.399 e. The molecule has 110 valence electrons. The Kier molecular flexibility index (Phi) is 3.04. The standard InChI is InChI=1S/C16H20BNO3/c1-10-8-11-6-7-12(9-13(11)18-14(10)19)17-20-15(2,3)16(4,5)21-17/h6-9H,1-5H3,(H,18,19). The third-order valence-electron chi connectivity index (χ3n) is 4.58. The van der Waals surface area contributed by atoms with Gasteiger partial charge in [-0.25, -0.2) is 0 Å². The first-order valence-corrected chi connectivity index (χ1v) is 7.19. The van der Waals surface area contributed by atoms with Crippen LogP contribution in [0.5, 0.6) is 0 Å². The average Bonchev–Trinajstić information content (AvgIpc) is 2.59. The molecule has 0 aliphatic carbocycles. The van der Waals surface area contributed by atoms with Crippen LogP contribution in [0, 0.1) is 6.92 Å². The summed E-state index contributed by atoms with van der Waals surface area (Å²) < 4.78 is 12.1. The van der Waals surface area contributed by atoms with Crippen molar-refractivity contribution in [1.82, 2.24) is 4.98 Å². The quantitative estimate of drug-likeness (QED) is 0.817. The second-order valence-corrected chi connectivity index (χ2v) is 6.72. The number of pyridine rings is 1. The van der Waals surface area contributed by atoms with Crippen molar-refractivity contribution in [3.8, 4) is 0 Å². The molecule has 1 aliphatic heterocycles. The number of hydrogen-bond acceptors (Lipinski definition) is 3. The van der Waals surface area contributed by atoms with E-state index in [1.165, 1.54) is 0 Å². The van der Waals surface area contributed by atoms with Gasteiger partial charge in [0.25, 0.3) is 5.56 Å². The van der Waals surface area contributed by atoms with Gasteiger partial charge in [-0.1, -0.05) is 12.1 Å². The highest BCUT2D eigenvalue weighted by Gasteiger charge is 2.51. The summed E-state index contributed by atoms with van der Waals surface area (Å²) in [6, 6.07) is 7.79. The van der Waals surface area contributed by atoms with Crippen molar-refractivity contribution in [3.05, 3.63) is 40.2 Å². The van der Waals surface area contributed by atoms with E-state index in [1.54, 1.807) is 6.92 Å². The van der Waals surface area contributed by atoms with Gasteiger partial charge in [0.05, 0.1) is 11.2 Å². The first-order chi connectivity index (χ1) is 9.69. The monoisotopic (exact) mass is 285 g/mol. The summed E-state index contributed by atoms with van der Waals surface area (Å²) in [4.78, 5) is 14.7. The Morgan fingerprint density at radius 1 is 1.05 bits per heavy atom. The van der Waals surface area contributed by atoms with Gasteiger partial charge in [-0.05, 0) is 57.6 Å². The van der Waals surface area contributed by atoms with Crippen molar-refractivity contribution in [3.63, 3.8) is 0 Å². The maximum Gasteiger partial charge on any atom is 0.494 e. The lowest BCUT2D eigenvalue weighted by molar-refractivity contribution is 0.00578. The SMILES string of the molecule is Cc1cc2ccc(B3OC(C)(C)C(C)(C)O3)cc2[nH]c1=O. The number of benzene rings is 1. The van der Waals surface area contributed by atoms with E-state index in [1.807, 2.05) is 52.0 Å². The smallest absolute Gasteiger partial charge is 0.399 e. The lowest BCUT2D eigenvalue weighted by atomic mass is 9.78. The number of aryl methyl sites for hydroxylation is 1. The van der Waals surface area contributed by atoms with E-state index in [9.17, 15) is 4.79 Å². The molecule has 1 fully saturated rings. The Labute approximate surface area is 124 Å². The van der Waals surface area contributed by atoms with Crippen LogP contribution in [0.1, 0.15) is 33.3 Å². The van der Waals surface area contributed by atoms with Gasteiger partial charge in [0, 0.05) is 11.1 Å². The van der Waals surface area contributed by atoms with E-state index in [4.69, 9.17) is 9.31 Å². The fourth-order valence-corrected chi connectivity index (χ4v) is 2.45. The highest BCUT2D eigenvalue weighted by Crippen LogP contribution is 2.36. The highest BCUT2D eigenvalue weighted by molar-refractivity contribution is 6.62. The van der Waals surface area contributed by atoms with Crippen LogP contribution in [-0.4, -0.2) is 23.3 Å². The van der Waals surface area contributed by atoms with Crippen molar-refractivity contribution >= 4 is 23.5 Å². The van der Waals surface area contributed by atoms with Gasteiger partial charge in [-0.2, -0.15) is 0 Å². The van der Waals surface area contributed by atoms with Gasteiger partial charge < -0.3 is 14.3 Å². The summed E-state index contributed by atoms with van der Waals surface area (Å²) in [5, 5.41) is 1.01. The minimum atomic E-state index is -0.413. The molecule has 0 saturated carbocycles. The number of aromatic nitrogens is 1. The van der Waals surface area contributed by atoms with Gasteiger partial charge >= 0.3 is 7.12 Å². The zero-order valence-electron chi connectivity index (χ0n) is 13.1. The van der Waals surface area contributed by atoms with Crippen LogP contribution in [0.2, 0.25) is 0 Å². The van der Waals surface area contributed by atoms with Crippen LogP contribution in [0.4, 0.5) is 0 Å². The third-order valence-corrected chi connectivity index (χ3v) is 4.58. The Morgan fingerprint density at radius 3 is 2.29 bits per heavy atom. The molecule has 0 unspecified atom stereocenters. The van der Waals surface area contributed by atoms with Crippen LogP contribution in [0.15, 0.2) is 29.1 Å². The molecular weight excluding hydrogens is 265 g/mol. The number of aromatic amines is 1. The zero-order chi connectivity index (χ0) is 15.4. The highest BCUT2D eigenvalue weighted by atomic mass is 16.7. The van der Waals surface area contributed by atoms with E-state index < -0.39 is 7.12 Å². The Balaban J connectivity index is 2.03. The van der Waals surface area contributed by atoms with Gasteiger partial charge in [0.2, 0.25) is 0 Å². The number of H-pyrrole nitrogens is 1. The van der Waals surface area contributed by atoms with Crippen molar-refractivity contribution in [2.45, 2.75) is 45.8 Å². The molecule has 1 N–H and O–H groups in total.